The maximum Gasteiger partial charge on any atom is 0.242 e. The average Bonchev–Trinajstić information content (AvgIpc) is 2.71. The fourth-order valence-corrected chi connectivity index (χ4v) is 4.52. The molecular formula is C23H16Cl2N2OS. The van der Waals surface area contributed by atoms with Gasteiger partial charge in [-0.25, -0.2) is 4.98 Å². The van der Waals surface area contributed by atoms with E-state index >= 15 is 0 Å². The van der Waals surface area contributed by atoms with Gasteiger partial charge in [0.05, 0.1) is 5.03 Å². The number of halogens is 2. The van der Waals surface area contributed by atoms with E-state index < -0.39 is 5.25 Å². The molecule has 4 aromatic rings. The third kappa shape index (κ3) is 4.91. The number of fused-ring (bicyclic) bond motifs is 1. The number of thioether (sulfide) groups is 1. The van der Waals surface area contributed by atoms with Crippen LogP contribution < -0.4 is 5.32 Å². The maximum atomic E-state index is 13.2. The topological polar surface area (TPSA) is 42.0 Å². The number of carbonyl (C=O) groups is 1. The predicted octanol–water partition coefficient (Wildman–Crippen LogP) is 7.01. The molecule has 0 saturated heterocycles. The number of pyridine rings is 1. The minimum Gasteiger partial charge on any atom is -0.325 e. The molecule has 1 N–H and O–H groups in total. The summed E-state index contributed by atoms with van der Waals surface area (Å²) >= 11 is 13.5. The Morgan fingerprint density at radius 2 is 1.52 bits per heavy atom. The molecule has 0 aliphatic heterocycles. The molecule has 6 heteroatoms. The smallest absolute Gasteiger partial charge is 0.242 e. The van der Waals surface area contributed by atoms with Crippen LogP contribution in [0.2, 0.25) is 10.0 Å². The van der Waals surface area contributed by atoms with Crippen LogP contribution in [0.5, 0.6) is 0 Å². The Hall–Kier alpha value is -2.53. The van der Waals surface area contributed by atoms with Crippen molar-refractivity contribution < 1.29 is 4.79 Å². The Morgan fingerprint density at radius 1 is 0.862 bits per heavy atom. The molecule has 144 valence electrons. The molecular weight excluding hydrogens is 423 g/mol. The molecule has 0 saturated carbocycles. The number of carbonyl (C=O) groups excluding carboxylic acids is 1. The van der Waals surface area contributed by atoms with E-state index in [4.69, 9.17) is 23.2 Å². The zero-order valence-electron chi connectivity index (χ0n) is 15.2. The summed E-state index contributed by atoms with van der Waals surface area (Å²) < 4.78 is 0. The van der Waals surface area contributed by atoms with E-state index in [1.165, 1.54) is 11.8 Å². The van der Waals surface area contributed by atoms with Gasteiger partial charge in [0.2, 0.25) is 5.91 Å². The average molecular weight is 439 g/mol. The lowest BCUT2D eigenvalue weighted by molar-refractivity contribution is -0.115. The van der Waals surface area contributed by atoms with Gasteiger partial charge in [-0.1, -0.05) is 89.6 Å². The van der Waals surface area contributed by atoms with Gasteiger partial charge >= 0.3 is 0 Å². The first-order valence-corrected chi connectivity index (χ1v) is 10.6. The lowest BCUT2D eigenvalue weighted by Crippen LogP contribution is -2.19. The zero-order chi connectivity index (χ0) is 20.2. The van der Waals surface area contributed by atoms with Crippen molar-refractivity contribution in [2.24, 2.45) is 0 Å². The fraction of sp³-hybridized carbons (Fsp3) is 0.0435. The number of nitrogens with one attached hydrogen (secondary N) is 1. The summed E-state index contributed by atoms with van der Waals surface area (Å²) in [7, 11) is 0. The van der Waals surface area contributed by atoms with Crippen molar-refractivity contribution >= 4 is 57.3 Å². The largest absolute Gasteiger partial charge is 0.325 e. The van der Waals surface area contributed by atoms with E-state index in [2.05, 4.69) is 10.3 Å². The van der Waals surface area contributed by atoms with Gasteiger partial charge in [0.15, 0.2) is 0 Å². The Bertz CT molecular complexity index is 1150. The van der Waals surface area contributed by atoms with Crippen LogP contribution in [0, 0.1) is 0 Å². The highest BCUT2D eigenvalue weighted by Gasteiger charge is 2.23. The van der Waals surface area contributed by atoms with E-state index in [9.17, 15) is 4.79 Å². The first-order chi connectivity index (χ1) is 14.1. The van der Waals surface area contributed by atoms with Crippen molar-refractivity contribution in [2.75, 3.05) is 5.32 Å². The summed E-state index contributed by atoms with van der Waals surface area (Å²) in [6, 6.07) is 24.6. The van der Waals surface area contributed by atoms with E-state index in [0.29, 0.717) is 15.7 Å². The van der Waals surface area contributed by atoms with Gasteiger partial charge in [0.25, 0.3) is 0 Å². The van der Waals surface area contributed by atoms with Gasteiger partial charge in [0.1, 0.15) is 5.25 Å². The van der Waals surface area contributed by atoms with Crippen molar-refractivity contribution in [3.05, 3.63) is 101 Å². The SMILES string of the molecule is O=C(Nc1cc(Cl)cc(Cl)c1)C(Sc1cc2ccccc2cn1)c1ccccc1. The molecule has 1 atom stereocenters. The summed E-state index contributed by atoms with van der Waals surface area (Å²) in [6.45, 7) is 0. The van der Waals surface area contributed by atoms with Gasteiger partial charge in [0, 0.05) is 27.3 Å². The quantitative estimate of drug-likeness (QED) is 0.340. The number of nitrogens with zero attached hydrogens (tertiary/aromatic N) is 1. The molecule has 4 rings (SSSR count). The number of amides is 1. The second-order valence-electron chi connectivity index (χ2n) is 6.43. The number of anilines is 1. The van der Waals surface area contributed by atoms with Crippen molar-refractivity contribution in [3.8, 4) is 0 Å². The van der Waals surface area contributed by atoms with Crippen LogP contribution in [0.3, 0.4) is 0 Å². The zero-order valence-corrected chi connectivity index (χ0v) is 17.5. The first-order valence-electron chi connectivity index (χ1n) is 8.92. The van der Waals surface area contributed by atoms with Crippen LogP contribution in [0.25, 0.3) is 10.8 Å². The Morgan fingerprint density at radius 3 is 2.24 bits per heavy atom. The summed E-state index contributed by atoms with van der Waals surface area (Å²) in [6.07, 6.45) is 1.83. The summed E-state index contributed by atoms with van der Waals surface area (Å²) in [4.78, 5) is 17.7. The van der Waals surface area contributed by atoms with Crippen LogP contribution in [0.1, 0.15) is 10.8 Å². The Balaban J connectivity index is 1.64. The van der Waals surface area contributed by atoms with Crippen molar-refractivity contribution in [2.45, 2.75) is 10.3 Å². The molecule has 1 heterocycles. The van der Waals surface area contributed by atoms with Crippen molar-refractivity contribution in [3.63, 3.8) is 0 Å². The molecule has 0 radical (unpaired) electrons. The molecule has 29 heavy (non-hydrogen) atoms. The van der Waals surface area contributed by atoms with Gasteiger partial charge in [-0.2, -0.15) is 0 Å². The van der Waals surface area contributed by atoms with E-state index in [0.717, 1.165) is 21.4 Å². The standard InChI is InChI=1S/C23H16Cl2N2OS/c24-18-11-19(25)13-20(12-18)27-23(28)22(15-6-2-1-3-7-15)29-21-10-16-8-4-5-9-17(16)14-26-21/h1-14,22H,(H,27,28). The van der Waals surface area contributed by atoms with E-state index in [-0.39, 0.29) is 5.91 Å². The molecule has 1 unspecified atom stereocenters. The van der Waals surface area contributed by atoms with Crippen LogP contribution in [-0.4, -0.2) is 10.9 Å². The first kappa shape index (κ1) is 19.8. The third-order valence-electron chi connectivity index (χ3n) is 4.32. The Kier molecular flexibility index (Phi) is 6.05. The summed E-state index contributed by atoms with van der Waals surface area (Å²) in [5, 5.41) is 6.29. The minimum atomic E-state index is -0.484. The van der Waals surface area contributed by atoms with Crippen molar-refractivity contribution in [1.82, 2.24) is 4.98 Å². The Labute approximate surface area is 183 Å². The van der Waals surface area contributed by atoms with Crippen LogP contribution in [0.4, 0.5) is 5.69 Å². The van der Waals surface area contributed by atoms with E-state index in [1.807, 2.05) is 66.9 Å². The summed E-state index contributed by atoms with van der Waals surface area (Å²) in [5.41, 5.74) is 1.44. The number of aromatic nitrogens is 1. The van der Waals surface area contributed by atoms with Crippen LogP contribution in [-0.2, 0) is 4.79 Å². The molecule has 0 aliphatic carbocycles. The van der Waals surface area contributed by atoms with Gasteiger partial charge in [-0.3, -0.25) is 4.79 Å². The minimum absolute atomic E-state index is 0.172. The number of hydrogen-bond acceptors (Lipinski definition) is 3. The van der Waals surface area contributed by atoms with Gasteiger partial charge < -0.3 is 5.32 Å². The van der Waals surface area contributed by atoms with Gasteiger partial charge in [-0.05, 0) is 35.2 Å². The monoisotopic (exact) mass is 438 g/mol. The molecule has 0 bridgehead atoms. The molecule has 0 fully saturated rings. The van der Waals surface area contributed by atoms with Crippen molar-refractivity contribution in [1.29, 1.82) is 0 Å². The molecule has 0 spiro atoms. The highest BCUT2D eigenvalue weighted by molar-refractivity contribution is 8.00. The van der Waals surface area contributed by atoms with Crippen LogP contribution >= 0.6 is 35.0 Å². The lowest BCUT2D eigenvalue weighted by atomic mass is 10.1. The normalized spacial score (nSPS) is 11.9. The highest BCUT2D eigenvalue weighted by Crippen LogP contribution is 2.36. The third-order valence-corrected chi connectivity index (χ3v) is 5.94. The molecule has 1 aromatic heterocycles. The number of hydrogen-bond donors (Lipinski definition) is 1. The lowest BCUT2D eigenvalue weighted by Gasteiger charge is -2.17. The van der Waals surface area contributed by atoms with Gasteiger partial charge in [-0.15, -0.1) is 0 Å². The second-order valence-corrected chi connectivity index (χ2v) is 8.42. The van der Waals surface area contributed by atoms with E-state index in [1.54, 1.807) is 18.2 Å². The molecule has 3 aromatic carbocycles. The predicted molar refractivity (Wildman–Crippen MR) is 122 cm³/mol. The number of rotatable bonds is 5. The molecule has 3 nitrogen and oxygen atoms in total. The fourth-order valence-electron chi connectivity index (χ4n) is 2.98. The highest BCUT2D eigenvalue weighted by atomic mass is 35.5. The molecule has 0 aliphatic rings. The number of benzene rings is 3. The molecule has 1 amide bonds. The summed E-state index contributed by atoms with van der Waals surface area (Å²) in [5.74, 6) is -0.172. The maximum absolute atomic E-state index is 13.2. The van der Waals surface area contributed by atoms with Crippen LogP contribution in [0.15, 0.2) is 90.1 Å². The second kappa shape index (κ2) is 8.87.